The summed E-state index contributed by atoms with van der Waals surface area (Å²) in [6.07, 6.45) is 0.632. The Bertz CT molecular complexity index is 565. The molecular formula is C11H14N4O2S. The quantitative estimate of drug-likeness (QED) is 0.762. The predicted octanol–water partition coefficient (Wildman–Crippen LogP) is 0.837. The number of hydrogen-bond donors (Lipinski definition) is 3. The highest BCUT2D eigenvalue weighted by molar-refractivity contribution is 7.16. The normalized spacial score (nSPS) is 23.6. The van der Waals surface area contributed by atoms with Gasteiger partial charge in [0.15, 0.2) is 0 Å². The molecule has 96 valence electrons. The molecule has 0 aromatic carbocycles. The molecule has 1 fully saturated rings. The van der Waals surface area contributed by atoms with Crippen molar-refractivity contribution < 1.29 is 9.84 Å². The molecule has 0 radical (unpaired) electrons. The summed E-state index contributed by atoms with van der Waals surface area (Å²) < 4.78 is 5.20. The number of nitrogens with zero attached hydrogens (tertiary/aromatic N) is 2. The minimum Gasteiger partial charge on any atom is -0.386 e. The van der Waals surface area contributed by atoms with E-state index in [1.54, 1.807) is 0 Å². The van der Waals surface area contributed by atoms with E-state index in [-0.39, 0.29) is 5.95 Å². The maximum absolute atomic E-state index is 10.2. The Balaban J connectivity index is 1.83. The van der Waals surface area contributed by atoms with E-state index in [9.17, 15) is 5.11 Å². The van der Waals surface area contributed by atoms with Gasteiger partial charge in [0.05, 0.1) is 12.0 Å². The number of nitrogens with one attached hydrogen (secondary N) is 1. The van der Waals surface area contributed by atoms with Crippen LogP contribution in [-0.2, 0) is 4.74 Å². The molecule has 6 nitrogen and oxygen atoms in total. The molecule has 3 rings (SSSR count). The molecule has 2 aromatic rings. The minimum atomic E-state index is -0.817. The fourth-order valence-corrected chi connectivity index (χ4v) is 2.76. The molecule has 1 saturated heterocycles. The number of ether oxygens (including phenoxy) is 1. The number of aromatic nitrogens is 2. The van der Waals surface area contributed by atoms with Gasteiger partial charge >= 0.3 is 0 Å². The Kier molecular flexibility index (Phi) is 2.81. The van der Waals surface area contributed by atoms with Crippen LogP contribution in [0.3, 0.4) is 0 Å². The Morgan fingerprint density at radius 1 is 1.56 bits per heavy atom. The zero-order valence-electron chi connectivity index (χ0n) is 9.72. The highest BCUT2D eigenvalue weighted by atomic mass is 32.1. The van der Waals surface area contributed by atoms with Crippen molar-refractivity contribution in [2.24, 2.45) is 0 Å². The highest BCUT2D eigenvalue weighted by Gasteiger charge is 2.32. The van der Waals surface area contributed by atoms with E-state index in [0.29, 0.717) is 32.0 Å². The van der Waals surface area contributed by atoms with E-state index in [1.807, 2.05) is 11.4 Å². The summed E-state index contributed by atoms with van der Waals surface area (Å²) in [5, 5.41) is 16.2. The first kappa shape index (κ1) is 11.6. The maximum atomic E-state index is 10.2. The van der Waals surface area contributed by atoms with Crippen molar-refractivity contribution >= 4 is 33.3 Å². The van der Waals surface area contributed by atoms with Crippen LogP contribution in [0.15, 0.2) is 11.4 Å². The van der Waals surface area contributed by atoms with Crippen molar-refractivity contribution in [3.63, 3.8) is 0 Å². The van der Waals surface area contributed by atoms with Crippen molar-refractivity contribution in [3.05, 3.63) is 11.4 Å². The van der Waals surface area contributed by atoms with Crippen LogP contribution in [-0.4, -0.2) is 40.4 Å². The van der Waals surface area contributed by atoms with Crippen molar-refractivity contribution in [1.29, 1.82) is 0 Å². The Labute approximate surface area is 108 Å². The third kappa shape index (κ3) is 2.12. The molecule has 0 bridgehead atoms. The standard InChI is InChI=1S/C11H14N4O2S/c12-10-14-8(7-1-4-18-9(7)15-10)13-5-11(16)2-3-17-6-11/h1,4,16H,2-3,5-6H2,(H3,12,13,14,15). The maximum Gasteiger partial charge on any atom is 0.223 e. The van der Waals surface area contributed by atoms with Gasteiger partial charge in [0.2, 0.25) is 5.95 Å². The number of nitrogens with two attached hydrogens (primary N) is 1. The first-order valence-corrected chi connectivity index (χ1v) is 6.59. The largest absolute Gasteiger partial charge is 0.386 e. The molecule has 0 aliphatic carbocycles. The Hall–Kier alpha value is -1.44. The third-order valence-electron chi connectivity index (χ3n) is 3.01. The fraction of sp³-hybridized carbons (Fsp3) is 0.455. The smallest absolute Gasteiger partial charge is 0.223 e. The second-order valence-electron chi connectivity index (χ2n) is 4.45. The first-order valence-electron chi connectivity index (χ1n) is 5.71. The molecule has 1 aliphatic rings. The molecule has 0 spiro atoms. The topological polar surface area (TPSA) is 93.3 Å². The van der Waals surface area contributed by atoms with Crippen LogP contribution in [0.2, 0.25) is 0 Å². The number of fused-ring (bicyclic) bond motifs is 1. The van der Waals surface area contributed by atoms with Crippen LogP contribution in [0.5, 0.6) is 0 Å². The number of anilines is 2. The fourth-order valence-electron chi connectivity index (χ4n) is 1.99. The van der Waals surface area contributed by atoms with Crippen LogP contribution >= 0.6 is 11.3 Å². The van der Waals surface area contributed by atoms with Gasteiger partial charge in [-0.1, -0.05) is 0 Å². The van der Waals surface area contributed by atoms with E-state index in [0.717, 1.165) is 10.2 Å². The number of rotatable bonds is 3. The van der Waals surface area contributed by atoms with Crippen molar-refractivity contribution in [2.45, 2.75) is 12.0 Å². The van der Waals surface area contributed by atoms with Crippen molar-refractivity contribution in [2.75, 3.05) is 30.8 Å². The van der Waals surface area contributed by atoms with Crippen molar-refractivity contribution in [3.8, 4) is 0 Å². The van der Waals surface area contributed by atoms with Gasteiger partial charge in [0.1, 0.15) is 16.2 Å². The molecule has 1 atom stereocenters. The highest BCUT2D eigenvalue weighted by Crippen LogP contribution is 2.27. The summed E-state index contributed by atoms with van der Waals surface area (Å²) in [5.41, 5.74) is 4.84. The molecule has 0 saturated carbocycles. The second-order valence-corrected chi connectivity index (χ2v) is 5.34. The van der Waals surface area contributed by atoms with Gasteiger partial charge in [-0.3, -0.25) is 0 Å². The summed E-state index contributed by atoms with van der Waals surface area (Å²) in [7, 11) is 0. The average molecular weight is 266 g/mol. The summed E-state index contributed by atoms with van der Waals surface area (Å²) in [6.45, 7) is 1.35. The summed E-state index contributed by atoms with van der Waals surface area (Å²) in [5.74, 6) is 0.904. The molecule has 4 N–H and O–H groups in total. The third-order valence-corrected chi connectivity index (χ3v) is 3.82. The monoisotopic (exact) mass is 266 g/mol. The zero-order valence-corrected chi connectivity index (χ0v) is 10.5. The molecule has 1 unspecified atom stereocenters. The number of nitrogen functional groups attached to an aromatic ring is 1. The molecule has 7 heteroatoms. The minimum absolute atomic E-state index is 0.238. The lowest BCUT2D eigenvalue weighted by Crippen LogP contribution is -2.37. The van der Waals surface area contributed by atoms with Gasteiger partial charge in [0.25, 0.3) is 0 Å². The molecular weight excluding hydrogens is 252 g/mol. The van der Waals surface area contributed by atoms with Gasteiger partial charge in [-0.2, -0.15) is 4.98 Å². The van der Waals surface area contributed by atoms with Gasteiger partial charge < -0.3 is 20.9 Å². The van der Waals surface area contributed by atoms with Gasteiger partial charge in [0, 0.05) is 19.6 Å². The Morgan fingerprint density at radius 3 is 3.22 bits per heavy atom. The van der Waals surface area contributed by atoms with E-state index in [4.69, 9.17) is 10.5 Å². The molecule has 3 heterocycles. The summed E-state index contributed by atoms with van der Waals surface area (Å²) >= 11 is 1.51. The lowest BCUT2D eigenvalue weighted by atomic mass is 10.0. The molecule has 0 amide bonds. The molecule has 1 aliphatic heterocycles. The molecule has 2 aromatic heterocycles. The van der Waals surface area contributed by atoms with Crippen molar-refractivity contribution in [1.82, 2.24) is 9.97 Å². The first-order chi connectivity index (χ1) is 8.66. The van der Waals surface area contributed by atoms with Crippen LogP contribution < -0.4 is 11.1 Å². The number of hydrogen-bond acceptors (Lipinski definition) is 7. The van der Waals surface area contributed by atoms with E-state index in [1.165, 1.54) is 11.3 Å². The summed E-state index contributed by atoms with van der Waals surface area (Å²) in [6, 6.07) is 1.94. The van der Waals surface area contributed by atoms with Crippen LogP contribution in [0.25, 0.3) is 10.2 Å². The van der Waals surface area contributed by atoms with E-state index in [2.05, 4.69) is 15.3 Å². The molecule has 18 heavy (non-hydrogen) atoms. The predicted molar refractivity (Wildman–Crippen MR) is 70.7 cm³/mol. The second kappa shape index (κ2) is 4.34. The van der Waals surface area contributed by atoms with Crippen LogP contribution in [0, 0.1) is 0 Å². The van der Waals surface area contributed by atoms with Crippen LogP contribution in [0.1, 0.15) is 6.42 Å². The van der Waals surface area contributed by atoms with Crippen LogP contribution in [0.4, 0.5) is 11.8 Å². The lowest BCUT2D eigenvalue weighted by molar-refractivity contribution is 0.0381. The SMILES string of the molecule is Nc1nc(NCC2(O)CCOC2)c2ccsc2n1. The zero-order chi connectivity index (χ0) is 12.6. The van der Waals surface area contributed by atoms with Gasteiger partial charge in [-0.15, -0.1) is 11.3 Å². The van der Waals surface area contributed by atoms with Gasteiger partial charge in [-0.25, -0.2) is 4.98 Å². The lowest BCUT2D eigenvalue weighted by Gasteiger charge is -2.21. The van der Waals surface area contributed by atoms with Gasteiger partial charge in [-0.05, 0) is 11.4 Å². The average Bonchev–Trinajstić information content (AvgIpc) is 2.95. The number of thiophene rings is 1. The Morgan fingerprint density at radius 2 is 2.44 bits per heavy atom. The van der Waals surface area contributed by atoms with E-state index >= 15 is 0 Å². The van der Waals surface area contributed by atoms with E-state index < -0.39 is 5.60 Å². The number of aliphatic hydroxyl groups is 1. The summed E-state index contributed by atoms with van der Waals surface area (Å²) in [4.78, 5) is 9.17.